The topological polar surface area (TPSA) is 102 Å². The molecule has 7 heteroatoms. The van der Waals surface area contributed by atoms with E-state index in [4.69, 9.17) is 10.5 Å². The summed E-state index contributed by atoms with van der Waals surface area (Å²) in [4.78, 5) is 19.8. The second kappa shape index (κ2) is 8.15. The van der Waals surface area contributed by atoms with Crippen LogP contribution in [0.1, 0.15) is 22.8 Å². The number of thioether (sulfide) groups is 1. The first-order chi connectivity index (χ1) is 11.1. The normalized spacial score (nSPS) is 11.5. The van der Waals surface area contributed by atoms with Gasteiger partial charge in [-0.3, -0.25) is 0 Å². The Morgan fingerprint density at radius 3 is 2.78 bits per heavy atom. The first kappa shape index (κ1) is 16.8. The van der Waals surface area contributed by atoms with Gasteiger partial charge in [-0.25, -0.2) is 14.8 Å². The number of hydrogen-bond acceptors (Lipinski definition) is 7. The van der Waals surface area contributed by atoms with E-state index in [2.05, 4.69) is 16.0 Å². The van der Waals surface area contributed by atoms with Crippen molar-refractivity contribution in [1.82, 2.24) is 9.97 Å². The molecule has 0 unspecified atom stereocenters. The van der Waals surface area contributed by atoms with E-state index >= 15 is 0 Å². The van der Waals surface area contributed by atoms with E-state index in [9.17, 15) is 10.1 Å². The number of nitrogens with two attached hydrogens (primary N) is 1. The Hall–Kier alpha value is -2.59. The third kappa shape index (κ3) is 4.69. The van der Waals surface area contributed by atoms with Crippen molar-refractivity contribution in [3.63, 3.8) is 0 Å². The van der Waals surface area contributed by atoms with Gasteiger partial charge in [0.05, 0.1) is 12.7 Å². The molecule has 2 aromatic rings. The summed E-state index contributed by atoms with van der Waals surface area (Å²) in [5.41, 5.74) is 6.96. The van der Waals surface area contributed by atoms with Crippen LogP contribution in [0.3, 0.4) is 0 Å². The van der Waals surface area contributed by atoms with Gasteiger partial charge in [-0.05, 0) is 18.9 Å². The molecule has 0 saturated heterocycles. The van der Waals surface area contributed by atoms with Gasteiger partial charge in [0.15, 0.2) is 5.16 Å². The maximum Gasteiger partial charge on any atom is 0.343 e. The fourth-order valence-electron chi connectivity index (χ4n) is 1.87. The molecule has 6 nitrogen and oxygen atoms in total. The van der Waals surface area contributed by atoms with Crippen LogP contribution in [-0.2, 0) is 11.2 Å². The van der Waals surface area contributed by atoms with Gasteiger partial charge in [0.25, 0.3) is 0 Å². The van der Waals surface area contributed by atoms with Crippen LogP contribution in [0.2, 0.25) is 0 Å². The number of nitriles is 1. The molecule has 2 rings (SSSR count). The molecule has 0 aliphatic carbocycles. The number of benzene rings is 1. The van der Waals surface area contributed by atoms with E-state index in [1.807, 2.05) is 30.3 Å². The number of ether oxygens (including phenoxy) is 1. The molecule has 0 bridgehead atoms. The van der Waals surface area contributed by atoms with Gasteiger partial charge >= 0.3 is 5.97 Å². The SMILES string of the molecule is CCOC(=O)c1cnc(S[C@@H](C#N)Cc2ccccc2)nc1N. The Morgan fingerprint density at radius 2 is 2.17 bits per heavy atom. The zero-order valence-corrected chi connectivity index (χ0v) is 13.4. The van der Waals surface area contributed by atoms with Crippen LogP contribution in [0.4, 0.5) is 5.82 Å². The number of carbonyl (C=O) groups excluding carboxylic acids is 1. The average molecular weight is 328 g/mol. The Labute approximate surface area is 138 Å². The van der Waals surface area contributed by atoms with Crippen LogP contribution in [0.15, 0.2) is 41.7 Å². The third-order valence-corrected chi connectivity index (χ3v) is 3.91. The maximum absolute atomic E-state index is 11.7. The second-order valence-corrected chi connectivity index (χ2v) is 5.77. The van der Waals surface area contributed by atoms with Crippen molar-refractivity contribution < 1.29 is 9.53 Å². The lowest BCUT2D eigenvalue weighted by atomic mass is 10.1. The van der Waals surface area contributed by atoms with Gasteiger partial charge in [0.1, 0.15) is 16.6 Å². The van der Waals surface area contributed by atoms with Crippen molar-refractivity contribution in [3.8, 4) is 6.07 Å². The fourth-order valence-corrected chi connectivity index (χ4v) is 2.72. The molecule has 0 amide bonds. The van der Waals surface area contributed by atoms with Gasteiger partial charge in [0, 0.05) is 6.20 Å². The van der Waals surface area contributed by atoms with E-state index in [0.717, 1.165) is 5.56 Å². The quantitative estimate of drug-likeness (QED) is 0.493. The Balaban J connectivity index is 2.08. The first-order valence-electron chi connectivity index (χ1n) is 7.03. The largest absolute Gasteiger partial charge is 0.462 e. The van der Waals surface area contributed by atoms with Crippen molar-refractivity contribution in [2.45, 2.75) is 23.8 Å². The molecule has 1 aromatic heterocycles. The summed E-state index contributed by atoms with van der Waals surface area (Å²) in [6, 6.07) is 11.9. The number of hydrogen-bond donors (Lipinski definition) is 1. The standard InChI is InChI=1S/C16H16N4O2S/c1-2-22-15(21)13-10-19-16(20-14(13)18)23-12(9-17)8-11-6-4-3-5-7-11/h3-7,10,12H,2,8H2,1H3,(H2,18,19,20)/t12-/m1/s1. The number of rotatable bonds is 6. The fraction of sp³-hybridized carbons (Fsp3) is 0.250. The average Bonchev–Trinajstić information content (AvgIpc) is 2.55. The molecule has 0 aliphatic heterocycles. The highest BCUT2D eigenvalue weighted by Crippen LogP contribution is 2.24. The van der Waals surface area contributed by atoms with Crippen molar-refractivity contribution in [1.29, 1.82) is 5.26 Å². The molecule has 0 spiro atoms. The molecule has 1 atom stereocenters. The van der Waals surface area contributed by atoms with Crippen molar-refractivity contribution in [3.05, 3.63) is 47.7 Å². The lowest BCUT2D eigenvalue weighted by Crippen LogP contribution is -2.11. The van der Waals surface area contributed by atoms with Crippen LogP contribution in [0.5, 0.6) is 0 Å². The number of anilines is 1. The summed E-state index contributed by atoms with van der Waals surface area (Å²) in [5.74, 6) is -0.500. The first-order valence-corrected chi connectivity index (χ1v) is 7.91. The van der Waals surface area contributed by atoms with Crippen LogP contribution in [-0.4, -0.2) is 27.8 Å². The Kier molecular flexibility index (Phi) is 5.94. The lowest BCUT2D eigenvalue weighted by molar-refractivity contribution is 0.0526. The number of nitrogens with zero attached hydrogens (tertiary/aromatic N) is 3. The van der Waals surface area contributed by atoms with E-state index < -0.39 is 5.97 Å². The lowest BCUT2D eigenvalue weighted by Gasteiger charge is -2.09. The second-order valence-electron chi connectivity index (χ2n) is 4.60. The molecular formula is C16H16N4O2S. The van der Waals surface area contributed by atoms with Crippen molar-refractivity contribution in [2.75, 3.05) is 12.3 Å². The number of aromatic nitrogens is 2. The molecular weight excluding hydrogens is 312 g/mol. The van der Waals surface area contributed by atoms with Gasteiger partial charge in [-0.2, -0.15) is 5.26 Å². The van der Waals surface area contributed by atoms with Crippen LogP contribution < -0.4 is 5.73 Å². The van der Waals surface area contributed by atoms with Crippen molar-refractivity contribution in [2.24, 2.45) is 0 Å². The third-order valence-electron chi connectivity index (χ3n) is 2.95. The van der Waals surface area contributed by atoms with Gasteiger partial charge < -0.3 is 10.5 Å². The summed E-state index contributed by atoms with van der Waals surface area (Å²) in [5, 5.41) is 9.32. The minimum absolute atomic E-state index is 0.0531. The summed E-state index contributed by atoms with van der Waals surface area (Å²) >= 11 is 1.22. The number of esters is 1. The van der Waals surface area contributed by atoms with E-state index in [1.165, 1.54) is 18.0 Å². The van der Waals surface area contributed by atoms with Gasteiger partial charge in [0.2, 0.25) is 0 Å². The van der Waals surface area contributed by atoms with E-state index in [-0.39, 0.29) is 23.2 Å². The molecule has 1 heterocycles. The molecule has 118 valence electrons. The molecule has 0 radical (unpaired) electrons. The van der Waals surface area contributed by atoms with E-state index in [1.54, 1.807) is 6.92 Å². The summed E-state index contributed by atoms with van der Waals surface area (Å²) in [7, 11) is 0. The minimum Gasteiger partial charge on any atom is -0.462 e. The molecule has 0 aliphatic rings. The predicted molar refractivity (Wildman–Crippen MR) is 87.8 cm³/mol. The predicted octanol–water partition coefficient (Wildman–Crippen LogP) is 2.46. The van der Waals surface area contributed by atoms with Gasteiger partial charge in [-0.1, -0.05) is 42.1 Å². The monoisotopic (exact) mass is 328 g/mol. The Bertz CT molecular complexity index is 716. The molecule has 23 heavy (non-hydrogen) atoms. The highest BCUT2D eigenvalue weighted by molar-refractivity contribution is 8.00. The zero-order valence-electron chi connectivity index (χ0n) is 12.6. The molecule has 1 aromatic carbocycles. The Morgan fingerprint density at radius 1 is 1.43 bits per heavy atom. The number of nitrogen functional groups attached to an aromatic ring is 1. The highest BCUT2D eigenvalue weighted by Gasteiger charge is 2.17. The summed E-state index contributed by atoms with van der Waals surface area (Å²) in [6.07, 6.45) is 1.91. The van der Waals surface area contributed by atoms with Crippen LogP contribution in [0, 0.1) is 11.3 Å². The maximum atomic E-state index is 11.7. The van der Waals surface area contributed by atoms with Crippen LogP contribution in [0.25, 0.3) is 0 Å². The van der Waals surface area contributed by atoms with E-state index in [0.29, 0.717) is 11.6 Å². The number of carbonyl (C=O) groups is 1. The molecule has 0 saturated carbocycles. The minimum atomic E-state index is -0.553. The van der Waals surface area contributed by atoms with Crippen molar-refractivity contribution >= 4 is 23.5 Å². The molecule has 2 N–H and O–H groups in total. The summed E-state index contributed by atoms with van der Waals surface area (Å²) < 4.78 is 4.87. The zero-order chi connectivity index (χ0) is 16.7. The smallest absolute Gasteiger partial charge is 0.343 e. The highest BCUT2D eigenvalue weighted by atomic mass is 32.2. The van der Waals surface area contributed by atoms with Gasteiger partial charge in [-0.15, -0.1) is 0 Å². The summed E-state index contributed by atoms with van der Waals surface area (Å²) in [6.45, 7) is 1.96. The van der Waals surface area contributed by atoms with Crippen LogP contribution >= 0.6 is 11.8 Å². The molecule has 0 fully saturated rings.